The average Bonchev–Trinajstić information content (AvgIpc) is 2.43. The number of rotatable bonds is 8. The second-order valence-electron chi connectivity index (χ2n) is 4.31. The highest BCUT2D eigenvalue weighted by atomic mass is 35.5. The van der Waals surface area contributed by atoms with E-state index in [1.54, 1.807) is 19.2 Å². The van der Waals surface area contributed by atoms with E-state index in [0.29, 0.717) is 12.1 Å². The van der Waals surface area contributed by atoms with Crippen molar-refractivity contribution < 1.29 is 14.6 Å². The van der Waals surface area contributed by atoms with E-state index in [1.807, 2.05) is 12.1 Å². The first-order valence-electron chi connectivity index (χ1n) is 6.51. The third kappa shape index (κ3) is 6.75. The van der Waals surface area contributed by atoms with E-state index >= 15 is 0 Å². The maximum atomic E-state index is 11.7. The highest BCUT2D eigenvalue weighted by molar-refractivity contribution is 5.89. The zero-order valence-electron chi connectivity index (χ0n) is 11.9. The van der Waals surface area contributed by atoms with Crippen molar-refractivity contribution in [3.63, 3.8) is 0 Å². The van der Waals surface area contributed by atoms with Crippen LogP contribution in [0.1, 0.15) is 23.7 Å². The van der Waals surface area contributed by atoms with E-state index in [9.17, 15) is 9.90 Å². The smallest absolute Gasteiger partial charge is 0.338 e. The van der Waals surface area contributed by atoms with Crippen LogP contribution in [0.15, 0.2) is 24.3 Å². The quantitative estimate of drug-likeness (QED) is 0.637. The Morgan fingerprint density at radius 1 is 1.35 bits per heavy atom. The Morgan fingerprint density at radius 3 is 2.55 bits per heavy atom. The average molecular weight is 303 g/mol. The first kappa shape index (κ1) is 18.7. The summed E-state index contributed by atoms with van der Waals surface area (Å²) in [4.78, 5) is 11.7. The van der Waals surface area contributed by atoms with Crippen LogP contribution in [0.4, 0.5) is 5.69 Å². The summed E-state index contributed by atoms with van der Waals surface area (Å²) in [5.41, 5.74) is 1.47. The SMILES string of the molecule is CCCNc1ccc(C(=O)OCC(O)CNC)cc1.Cl. The molecule has 0 spiro atoms. The molecule has 3 N–H and O–H groups in total. The largest absolute Gasteiger partial charge is 0.459 e. The van der Waals surface area contributed by atoms with Crippen molar-refractivity contribution in [2.24, 2.45) is 0 Å². The molecule has 0 aliphatic carbocycles. The molecule has 0 aliphatic heterocycles. The fourth-order valence-corrected chi connectivity index (χ4v) is 1.54. The molecule has 0 amide bonds. The van der Waals surface area contributed by atoms with Gasteiger partial charge in [-0.05, 0) is 37.7 Å². The van der Waals surface area contributed by atoms with Gasteiger partial charge >= 0.3 is 5.97 Å². The normalized spacial score (nSPS) is 11.3. The molecule has 0 fully saturated rings. The number of carbonyl (C=O) groups excluding carboxylic acids is 1. The summed E-state index contributed by atoms with van der Waals surface area (Å²) < 4.78 is 5.01. The van der Waals surface area contributed by atoms with Gasteiger partial charge in [0.05, 0.1) is 5.56 Å². The molecule has 1 atom stereocenters. The number of nitrogens with one attached hydrogen (secondary N) is 2. The standard InChI is InChI=1S/C14H22N2O3.ClH/c1-3-8-16-12-6-4-11(5-7-12)14(18)19-10-13(17)9-15-2;/h4-7,13,15-17H,3,8-10H2,1-2H3;1H. The topological polar surface area (TPSA) is 70.6 Å². The maximum absolute atomic E-state index is 11.7. The third-order valence-corrected chi connectivity index (χ3v) is 2.55. The second kappa shape index (κ2) is 10.5. The fraction of sp³-hybridized carbons (Fsp3) is 0.500. The molecule has 1 aromatic rings. The lowest BCUT2D eigenvalue weighted by Gasteiger charge is -2.11. The molecule has 0 heterocycles. The van der Waals surface area contributed by atoms with Gasteiger partial charge in [-0.25, -0.2) is 4.79 Å². The van der Waals surface area contributed by atoms with Crippen molar-refractivity contribution >= 4 is 24.1 Å². The molecule has 1 aromatic carbocycles. The van der Waals surface area contributed by atoms with E-state index in [0.717, 1.165) is 18.7 Å². The fourth-order valence-electron chi connectivity index (χ4n) is 1.54. The predicted octanol–water partition coefficient (Wildman–Crippen LogP) is 1.67. The summed E-state index contributed by atoms with van der Waals surface area (Å²) in [6.07, 6.45) is 0.368. The molecule has 0 aliphatic rings. The van der Waals surface area contributed by atoms with Gasteiger partial charge in [0.25, 0.3) is 0 Å². The Bertz CT molecular complexity index is 385. The van der Waals surface area contributed by atoms with Gasteiger partial charge in [0.15, 0.2) is 0 Å². The highest BCUT2D eigenvalue weighted by Gasteiger charge is 2.10. The molecule has 5 nitrogen and oxygen atoms in total. The minimum Gasteiger partial charge on any atom is -0.459 e. The molecule has 0 saturated carbocycles. The first-order chi connectivity index (χ1) is 9.17. The van der Waals surface area contributed by atoms with Gasteiger partial charge in [-0.3, -0.25) is 0 Å². The highest BCUT2D eigenvalue weighted by Crippen LogP contribution is 2.10. The minimum absolute atomic E-state index is 0. The van der Waals surface area contributed by atoms with Crippen molar-refractivity contribution in [3.8, 4) is 0 Å². The molecule has 1 rings (SSSR count). The number of likely N-dealkylation sites (N-methyl/N-ethyl adjacent to an activating group) is 1. The number of aliphatic hydroxyl groups excluding tert-OH is 1. The van der Waals surface area contributed by atoms with Gasteiger partial charge in [0.1, 0.15) is 12.7 Å². The van der Waals surface area contributed by atoms with Crippen LogP contribution >= 0.6 is 12.4 Å². The molecular formula is C14H23ClN2O3. The van der Waals surface area contributed by atoms with Gasteiger partial charge in [-0.15, -0.1) is 12.4 Å². The van der Waals surface area contributed by atoms with Crippen molar-refractivity contribution in [1.82, 2.24) is 5.32 Å². The van der Waals surface area contributed by atoms with Crippen molar-refractivity contribution in [2.75, 3.05) is 32.1 Å². The lowest BCUT2D eigenvalue weighted by molar-refractivity contribution is 0.0263. The number of carbonyl (C=O) groups is 1. The Labute approximate surface area is 126 Å². The number of aliphatic hydroxyl groups is 1. The molecule has 0 bridgehead atoms. The van der Waals surface area contributed by atoms with Crippen LogP contribution in [0, 0.1) is 0 Å². The van der Waals surface area contributed by atoms with Crippen LogP contribution in [-0.2, 0) is 4.74 Å². The number of hydrogen-bond acceptors (Lipinski definition) is 5. The number of hydrogen-bond donors (Lipinski definition) is 3. The van der Waals surface area contributed by atoms with Gasteiger partial charge in [-0.1, -0.05) is 6.92 Å². The number of benzene rings is 1. The Balaban J connectivity index is 0.00000361. The van der Waals surface area contributed by atoms with Crippen LogP contribution in [0.2, 0.25) is 0 Å². The summed E-state index contributed by atoms with van der Waals surface area (Å²) in [7, 11) is 1.73. The third-order valence-electron chi connectivity index (χ3n) is 2.55. The molecule has 20 heavy (non-hydrogen) atoms. The van der Waals surface area contributed by atoms with Crippen LogP contribution in [0.25, 0.3) is 0 Å². The maximum Gasteiger partial charge on any atom is 0.338 e. The van der Waals surface area contributed by atoms with Crippen LogP contribution < -0.4 is 10.6 Å². The predicted molar refractivity (Wildman–Crippen MR) is 82.7 cm³/mol. The van der Waals surface area contributed by atoms with Crippen LogP contribution in [0.3, 0.4) is 0 Å². The summed E-state index contributed by atoms with van der Waals surface area (Å²) in [6, 6.07) is 7.11. The zero-order chi connectivity index (χ0) is 14.1. The van der Waals surface area contributed by atoms with Crippen LogP contribution in [0.5, 0.6) is 0 Å². The summed E-state index contributed by atoms with van der Waals surface area (Å²) in [5.74, 6) is -0.419. The van der Waals surface area contributed by atoms with Crippen LogP contribution in [-0.4, -0.2) is 43.9 Å². The molecule has 1 unspecified atom stereocenters. The summed E-state index contributed by atoms with van der Waals surface area (Å²) in [5, 5.41) is 15.5. The van der Waals surface area contributed by atoms with Gasteiger partial charge in [-0.2, -0.15) is 0 Å². The molecule has 0 saturated heterocycles. The second-order valence-corrected chi connectivity index (χ2v) is 4.31. The molecule has 0 radical (unpaired) electrons. The monoisotopic (exact) mass is 302 g/mol. The van der Waals surface area contributed by atoms with Gasteiger partial charge in [0, 0.05) is 18.8 Å². The van der Waals surface area contributed by atoms with E-state index in [-0.39, 0.29) is 19.0 Å². The lowest BCUT2D eigenvalue weighted by Crippen LogP contribution is -2.29. The number of halogens is 1. The molecule has 0 aromatic heterocycles. The van der Waals surface area contributed by atoms with Gasteiger partial charge < -0.3 is 20.5 Å². The van der Waals surface area contributed by atoms with Gasteiger partial charge in [0.2, 0.25) is 0 Å². The zero-order valence-corrected chi connectivity index (χ0v) is 12.7. The Morgan fingerprint density at radius 2 is 2.00 bits per heavy atom. The van der Waals surface area contributed by atoms with E-state index < -0.39 is 12.1 Å². The van der Waals surface area contributed by atoms with Crippen molar-refractivity contribution in [3.05, 3.63) is 29.8 Å². The number of ether oxygens (including phenoxy) is 1. The molecule has 6 heteroatoms. The summed E-state index contributed by atoms with van der Waals surface area (Å²) in [6.45, 7) is 3.39. The van der Waals surface area contributed by atoms with Crippen molar-refractivity contribution in [1.29, 1.82) is 0 Å². The van der Waals surface area contributed by atoms with Crippen molar-refractivity contribution in [2.45, 2.75) is 19.4 Å². The number of esters is 1. The first-order valence-corrected chi connectivity index (χ1v) is 6.51. The molecular weight excluding hydrogens is 280 g/mol. The minimum atomic E-state index is -0.681. The Kier molecular flexibility index (Phi) is 9.80. The summed E-state index contributed by atoms with van der Waals surface area (Å²) >= 11 is 0. The van der Waals surface area contributed by atoms with E-state index in [1.165, 1.54) is 0 Å². The lowest BCUT2D eigenvalue weighted by atomic mass is 10.2. The van der Waals surface area contributed by atoms with E-state index in [4.69, 9.17) is 4.74 Å². The molecule has 114 valence electrons. The Hall–Kier alpha value is -1.30. The van der Waals surface area contributed by atoms with E-state index in [2.05, 4.69) is 17.6 Å². The number of anilines is 1.